The van der Waals surface area contributed by atoms with E-state index in [1.165, 1.54) is 14.2 Å². The second-order valence-electron chi connectivity index (χ2n) is 4.90. The van der Waals surface area contributed by atoms with Gasteiger partial charge >= 0.3 is 0 Å². The van der Waals surface area contributed by atoms with Gasteiger partial charge in [0, 0.05) is 30.1 Å². The molecule has 0 aliphatic rings. The van der Waals surface area contributed by atoms with E-state index >= 15 is 0 Å². The first-order chi connectivity index (χ1) is 11.6. The van der Waals surface area contributed by atoms with Crippen LogP contribution in [0.25, 0.3) is 11.0 Å². The molecule has 1 aromatic heterocycles. The van der Waals surface area contributed by atoms with Crippen LogP contribution < -0.4 is 14.8 Å². The van der Waals surface area contributed by atoms with Gasteiger partial charge in [-0.15, -0.1) is 0 Å². The van der Waals surface area contributed by atoms with Crippen LogP contribution in [0.3, 0.4) is 0 Å². The molecule has 0 fully saturated rings. The fourth-order valence-electron chi connectivity index (χ4n) is 2.25. The zero-order valence-corrected chi connectivity index (χ0v) is 13.8. The van der Waals surface area contributed by atoms with Gasteiger partial charge in [-0.3, -0.25) is 14.8 Å². The molecule has 122 valence electrons. The van der Waals surface area contributed by atoms with E-state index < -0.39 is 0 Å². The Morgan fingerprint density at radius 2 is 1.67 bits per heavy atom. The first-order valence-corrected chi connectivity index (χ1v) is 7.44. The van der Waals surface area contributed by atoms with Crippen LogP contribution in [0.2, 0.25) is 5.02 Å². The highest BCUT2D eigenvalue weighted by molar-refractivity contribution is 6.34. The molecule has 1 heterocycles. The van der Waals surface area contributed by atoms with Crippen molar-refractivity contribution in [1.29, 1.82) is 0 Å². The lowest BCUT2D eigenvalue weighted by Gasteiger charge is -2.12. The monoisotopic (exact) mass is 343 g/mol. The molecule has 1 amide bonds. The summed E-state index contributed by atoms with van der Waals surface area (Å²) < 4.78 is 10.4. The Bertz CT molecular complexity index is 915. The number of hydrogen-bond donors (Lipinski definition) is 1. The number of carbonyl (C=O) groups excluding carboxylic acids is 1. The second-order valence-corrected chi connectivity index (χ2v) is 5.31. The van der Waals surface area contributed by atoms with Crippen LogP contribution in [0, 0.1) is 0 Å². The van der Waals surface area contributed by atoms with Gasteiger partial charge in [0.05, 0.1) is 36.0 Å². The fourth-order valence-corrected chi connectivity index (χ4v) is 2.45. The predicted octanol–water partition coefficient (Wildman–Crippen LogP) is 3.55. The summed E-state index contributed by atoms with van der Waals surface area (Å²) in [4.78, 5) is 20.8. The minimum atomic E-state index is -0.309. The highest BCUT2D eigenvalue weighted by Crippen LogP contribution is 2.36. The molecule has 7 heteroatoms. The summed E-state index contributed by atoms with van der Waals surface area (Å²) in [5.41, 5.74) is 2.24. The number of rotatable bonds is 4. The number of hydrogen-bond acceptors (Lipinski definition) is 5. The number of aromatic nitrogens is 2. The maximum atomic E-state index is 12.5. The molecule has 2 aromatic carbocycles. The number of methoxy groups -OCH3 is 2. The SMILES string of the molecule is COc1cc(Cl)c(NC(=O)c2ccc3nccnc3c2)cc1OC. The van der Waals surface area contributed by atoms with Gasteiger partial charge in [0.15, 0.2) is 11.5 Å². The standard InChI is InChI=1S/C17H14ClN3O3/c1-23-15-8-11(18)13(9-16(15)24-2)21-17(22)10-3-4-12-14(7-10)20-6-5-19-12/h3-9H,1-2H3,(H,21,22). The van der Waals surface area contributed by atoms with Crippen molar-refractivity contribution in [2.24, 2.45) is 0 Å². The molecule has 0 saturated heterocycles. The number of ether oxygens (including phenoxy) is 2. The summed E-state index contributed by atoms with van der Waals surface area (Å²) in [5.74, 6) is 0.653. The van der Waals surface area contributed by atoms with Crippen molar-refractivity contribution >= 4 is 34.2 Å². The van der Waals surface area contributed by atoms with Crippen LogP contribution in [-0.2, 0) is 0 Å². The summed E-state index contributed by atoms with van der Waals surface area (Å²) in [6.07, 6.45) is 3.18. The molecule has 3 rings (SSSR count). The Labute approximate surface area is 143 Å². The number of carbonyl (C=O) groups is 1. The Morgan fingerprint density at radius 3 is 2.38 bits per heavy atom. The number of anilines is 1. The minimum Gasteiger partial charge on any atom is -0.493 e. The van der Waals surface area contributed by atoms with E-state index in [2.05, 4.69) is 15.3 Å². The van der Waals surface area contributed by atoms with E-state index in [0.29, 0.717) is 33.3 Å². The third-order valence-corrected chi connectivity index (χ3v) is 3.77. The fraction of sp³-hybridized carbons (Fsp3) is 0.118. The average molecular weight is 344 g/mol. The molecule has 0 radical (unpaired) electrons. The number of benzene rings is 2. The van der Waals surface area contributed by atoms with Crippen molar-refractivity contribution in [1.82, 2.24) is 9.97 Å². The van der Waals surface area contributed by atoms with Gasteiger partial charge in [-0.05, 0) is 18.2 Å². The number of nitrogens with zero attached hydrogens (tertiary/aromatic N) is 2. The Kier molecular flexibility index (Phi) is 4.48. The Hall–Kier alpha value is -2.86. The van der Waals surface area contributed by atoms with Crippen LogP contribution in [0.5, 0.6) is 11.5 Å². The maximum absolute atomic E-state index is 12.5. The van der Waals surface area contributed by atoms with Gasteiger partial charge in [-0.25, -0.2) is 0 Å². The summed E-state index contributed by atoms with van der Waals surface area (Å²) >= 11 is 6.19. The van der Waals surface area contributed by atoms with E-state index in [-0.39, 0.29) is 5.91 Å². The maximum Gasteiger partial charge on any atom is 0.255 e. The minimum absolute atomic E-state index is 0.309. The van der Waals surface area contributed by atoms with Gasteiger partial charge in [0.1, 0.15) is 0 Å². The predicted molar refractivity (Wildman–Crippen MR) is 92.0 cm³/mol. The number of fused-ring (bicyclic) bond motifs is 1. The molecule has 0 unspecified atom stereocenters. The molecule has 0 aliphatic heterocycles. The summed E-state index contributed by atoms with van der Waals surface area (Å²) in [5, 5.41) is 3.11. The largest absolute Gasteiger partial charge is 0.493 e. The number of halogens is 1. The molecule has 6 nitrogen and oxygen atoms in total. The quantitative estimate of drug-likeness (QED) is 0.784. The summed E-state index contributed by atoms with van der Waals surface area (Å²) in [6, 6.07) is 8.29. The lowest BCUT2D eigenvalue weighted by Crippen LogP contribution is -2.12. The van der Waals surface area contributed by atoms with Crippen molar-refractivity contribution < 1.29 is 14.3 Å². The lowest BCUT2D eigenvalue weighted by molar-refractivity contribution is 0.102. The first kappa shape index (κ1) is 16.0. The molecule has 0 saturated carbocycles. The average Bonchev–Trinajstić information content (AvgIpc) is 2.62. The third-order valence-electron chi connectivity index (χ3n) is 3.45. The van der Waals surface area contributed by atoms with E-state index in [0.717, 1.165) is 5.52 Å². The third kappa shape index (κ3) is 3.09. The zero-order valence-electron chi connectivity index (χ0n) is 13.0. The van der Waals surface area contributed by atoms with Crippen molar-refractivity contribution in [3.05, 3.63) is 53.3 Å². The molecule has 1 N–H and O–H groups in total. The topological polar surface area (TPSA) is 73.3 Å². The highest BCUT2D eigenvalue weighted by atomic mass is 35.5. The number of amides is 1. The lowest BCUT2D eigenvalue weighted by atomic mass is 10.1. The van der Waals surface area contributed by atoms with Crippen LogP contribution >= 0.6 is 11.6 Å². The molecule has 0 aliphatic carbocycles. The van der Waals surface area contributed by atoms with E-state index in [4.69, 9.17) is 21.1 Å². The van der Waals surface area contributed by atoms with Gasteiger partial charge < -0.3 is 14.8 Å². The molecule has 24 heavy (non-hydrogen) atoms. The Morgan fingerprint density at radius 1 is 1.00 bits per heavy atom. The number of nitrogens with one attached hydrogen (secondary N) is 1. The smallest absolute Gasteiger partial charge is 0.255 e. The Balaban J connectivity index is 1.90. The van der Waals surface area contributed by atoms with Crippen molar-refractivity contribution in [3.8, 4) is 11.5 Å². The highest BCUT2D eigenvalue weighted by Gasteiger charge is 2.14. The van der Waals surface area contributed by atoms with Gasteiger partial charge in [0.25, 0.3) is 5.91 Å². The molecule has 3 aromatic rings. The molecule has 0 atom stereocenters. The van der Waals surface area contributed by atoms with Gasteiger partial charge in [-0.1, -0.05) is 11.6 Å². The molecule has 0 bridgehead atoms. The molecular weight excluding hydrogens is 330 g/mol. The van der Waals surface area contributed by atoms with Crippen molar-refractivity contribution in [2.45, 2.75) is 0 Å². The van der Waals surface area contributed by atoms with E-state index in [9.17, 15) is 4.79 Å². The van der Waals surface area contributed by atoms with Crippen molar-refractivity contribution in [3.63, 3.8) is 0 Å². The van der Waals surface area contributed by atoms with Crippen LogP contribution in [0.1, 0.15) is 10.4 Å². The van der Waals surface area contributed by atoms with E-state index in [1.807, 2.05) is 0 Å². The molecule has 0 spiro atoms. The van der Waals surface area contributed by atoms with Crippen LogP contribution in [0.15, 0.2) is 42.7 Å². The first-order valence-electron chi connectivity index (χ1n) is 7.06. The second kappa shape index (κ2) is 6.72. The summed E-state index contributed by atoms with van der Waals surface area (Å²) in [6.45, 7) is 0. The van der Waals surface area contributed by atoms with Gasteiger partial charge in [-0.2, -0.15) is 0 Å². The van der Waals surface area contributed by atoms with Crippen molar-refractivity contribution in [2.75, 3.05) is 19.5 Å². The summed E-state index contributed by atoms with van der Waals surface area (Å²) in [7, 11) is 3.03. The van der Waals surface area contributed by atoms with Crippen LogP contribution in [-0.4, -0.2) is 30.1 Å². The zero-order chi connectivity index (χ0) is 17.1. The van der Waals surface area contributed by atoms with Gasteiger partial charge in [0.2, 0.25) is 0 Å². The van der Waals surface area contributed by atoms with Crippen LogP contribution in [0.4, 0.5) is 5.69 Å². The van der Waals surface area contributed by atoms with E-state index in [1.54, 1.807) is 42.7 Å². The normalized spacial score (nSPS) is 10.5. The molecular formula is C17H14ClN3O3.